The van der Waals surface area contributed by atoms with Crippen molar-refractivity contribution in [1.29, 1.82) is 0 Å². The van der Waals surface area contributed by atoms with Crippen molar-refractivity contribution in [1.82, 2.24) is 4.72 Å². The highest BCUT2D eigenvalue weighted by Crippen LogP contribution is 2.19. The van der Waals surface area contributed by atoms with Crippen LogP contribution in [0.2, 0.25) is 0 Å². The summed E-state index contributed by atoms with van der Waals surface area (Å²) in [5.74, 6) is -0.606. The second kappa shape index (κ2) is 7.94. The Morgan fingerprint density at radius 2 is 1.89 bits per heavy atom. The van der Waals surface area contributed by atoms with Crippen molar-refractivity contribution in [2.45, 2.75) is 30.6 Å². The van der Waals surface area contributed by atoms with E-state index in [-0.39, 0.29) is 16.0 Å². The maximum absolute atomic E-state index is 13.3. The molecule has 0 bridgehead atoms. The number of aliphatic hydroxyl groups excluding tert-OH is 1. The van der Waals surface area contributed by atoms with Gasteiger partial charge < -0.3 is 5.11 Å². The van der Waals surface area contributed by atoms with Crippen molar-refractivity contribution >= 4 is 26.0 Å². The van der Waals surface area contributed by atoms with Crippen LogP contribution in [0.15, 0.2) is 27.6 Å². The normalized spacial score (nSPS) is 11.7. The van der Waals surface area contributed by atoms with E-state index in [1.807, 2.05) is 0 Å². The fourth-order valence-corrected chi connectivity index (χ4v) is 2.86. The van der Waals surface area contributed by atoms with Gasteiger partial charge in [-0.3, -0.25) is 0 Å². The van der Waals surface area contributed by atoms with E-state index in [1.165, 1.54) is 12.1 Å². The van der Waals surface area contributed by atoms with Gasteiger partial charge in [-0.2, -0.15) is 0 Å². The highest BCUT2D eigenvalue weighted by atomic mass is 79.9. The fraction of sp³-hybridized carbons (Fsp3) is 0.500. The first kappa shape index (κ1) is 16.6. The van der Waals surface area contributed by atoms with Gasteiger partial charge in [-0.05, 0) is 47.0 Å². The number of hydrogen-bond acceptors (Lipinski definition) is 3. The van der Waals surface area contributed by atoms with Crippen LogP contribution in [-0.2, 0) is 10.0 Å². The third-order valence-electron chi connectivity index (χ3n) is 2.58. The molecule has 1 aromatic carbocycles. The molecule has 7 heteroatoms. The Labute approximate surface area is 121 Å². The summed E-state index contributed by atoms with van der Waals surface area (Å²) in [6.45, 7) is 0.468. The predicted octanol–water partition coefficient (Wildman–Crippen LogP) is 2.42. The summed E-state index contributed by atoms with van der Waals surface area (Å²) >= 11 is 2.97. The topological polar surface area (TPSA) is 66.4 Å². The minimum absolute atomic E-state index is 0.0800. The van der Waals surface area contributed by atoms with Gasteiger partial charge in [0.15, 0.2) is 0 Å². The molecule has 1 aromatic rings. The summed E-state index contributed by atoms with van der Waals surface area (Å²) in [6, 6.07) is 3.70. The molecule has 4 nitrogen and oxygen atoms in total. The minimum atomic E-state index is -3.65. The molecule has 0 fully saturated rings. The molecule has 0 aliphatic heterocycles. The minimum Gasteiger partial charge on any atom is -0.396 e. The van der Waals surface area contributed by atoms with Crippen LogP contribution < -0.4 is 4.72 Å². The lowest BCUT2D eigenvalue weighted by molar-refractivity contribution is 0.282. The van der Waals surface area contributed by atoms with E-state index in [1.54, 1.807) is 0 Å². The molecule has 19 heavy (non-hydrogen) atoms. The molecule has 0 aromatic heterocycles. The molecule has 2 N–H and O–H groups in total. The zero-order chi connectivity index (χ0) is 14.3. The maximum atomic E-state index is 13.3. The van der Waals surface area contributed by atoms with E-state index in [4.69, 9.17) is 5.11 Å². The lowest BCUT2D eigenvalue weighted by Gasteiger charge is -2.07. The van der Waals surface area contributed by atoms with Gasteiger partial charge in [0.05, 0.1) is 9.37 Å². The molecule has 1 rings (SSSR count). The molecular formula is C12H17BrFNO3S. The van der Waals surface area contributed by atoms with Crippen LogP contribution in [-0.4, -0.2) is 26.7 Å². The number of sulfonamides is 1. The zero-order valence-corrected chi connectivity index (χ0v) is 12.8. The molecule has 0 atom stereocenters. The van der Waals surface area contributed by atoms with Gasteiger partial charge in [0, 0.05) is 13.2 Å². The van der Waals surface area contributed by atoms with E-state index >= 15 is 0 Å². The van der Waals surface area contributed by atoms with Crippen molar-refractivity contribution in [3.63, 3.8) is 0 Å². The van der Waals surface area contributed by atoms with E-state index in [2.05, 4.69) is 20.7 Å². The van der Waals surface area contributed by atoms with Gasteiger partial charge in [-0.25, -0.2) is 17.5 Å². The predicted molar refractivity (Wildman–Crippen MR) is 74.8 cm³/mol. The molecule has 0 unspecified atom stereocenters. The molecule has 0 saturated heterocycles. The SMILES string of the molecule is O=S(=O)(NCCCCCCO)c1ccc(Br)c(F)c1. The first-order chi connectivity index (χ1) is 8.97. The summed E-state index contributed by atoms with van der Waals surface area (Å²) in [4.78, 5) is -0.0800. The average Bonchev–Trinajstić information content (AvgIpc) is 2.36. The number of rotatable bonds is 8. The number of unbranched alkanes of at least 4 members (excludes halogenated alkanes) is 3. The maximum Gasteiger partial charge on any atom is 0.240 e. The number of halogens is 2. The summed E-state index contributed by atoms with van der Waals surface area (Å²) in [5, 5.41) is 8.60. The van der Waals surface area contributed by atoms with E-state index < -0.39 is 15.8 Å². The number of nitrogens with one attached hydrogen (secondary N) is 1. The Kier molecular flexibility index (Phi) is 6.92. The van der Waals surface area contributed by atoms with Crippen molar-refractivity contribution in [3.05, 3.63) is 28.5 Å². The fourth-order valence-electron chi connectivity index (χ4n) is 1.52. The quantitative estimate of drug-likeness (QED) is 0.705. The lowest BCUT2D eigenvalue weighted by Crippen LogP contribution is -2.24. The number of aliphatic hydroxyl groups is 1. The Morgan fingerprint density at radius 1 is 1.21 bits per heavy atom. The smallest absolute Gasteiger partial charge is 0.240 e. The van der Waals surface area contributed by atoms with Crippen molar-refractivity contribution in [3.8, 4) is 0 Å². The van der Waals surface area contributed by atoms with E-state index in [0.717, 1.165) is 25.3 Å². The lowest BCUT2D eigenvalue weighted by atomic mass is 10.2. The molecule has 108 valence electrons. The molecule has 0 amide bonds. The van der Waals surface area contributed by atoms with E-state index in [9.17, 15) is 12.8 Å². The van der Waals surface area contributed by atoms with Gasteiger partial charge in [0.2, 0.25) is 10.0 Å². The Bertz CT molecular complexity index is 508. The Morgan fingerprint density at radius 3 is 2.53 bits per heavy atom. The van der Waals surface area contributed by atoms with Crippen molar-refractivity contribution < 1.29 is 17.9 Å². The first-order valence-electron chi connectivity index (χ1n) is 6.03. The second-order valence-electron chi connectivity index (χ2n) is 4.11. The van der Waals surface area contributed by atoms with Crippen LogP contribution in [0.4, 0.5) is 4.39 Å². The molecule has 0 aliphatic carbocycles. The Hall–Kier alpha value is -0.500. The summed E-state index contributed by atoms with van der Waals surface area (Å²) < 4.78 is 39.6. The summed E-state index contributed by atoms with van der Waals surface area (Å²) in [5.41, 5.74) is 0. The molecule has 0 saturated carbocycles. The number of benzene rings is 1. The number of hydrogen-bond donors (Lipinski definition) is 2. The van der Waals surface area contributed by atoms with Crippen molar-refractivity contribution in [2.24, 2.45) is 0 Å². The third kappa shape index (κ3) is 5.56. The second-order valence-corrected chi connectivity index (χ2v) is 6.73. The molecule has 0 heterocycles. The van der Waals surface area contributed by atoms with Gasteiger partial charge >= 0.3 is 0 Å². The standard InChI is InChI=1S/C12H17BrFNO3S/c13-11-6-5-10(9-12(11)14)19(17,18)15-7-3-1-2-4-8-16/h5-6,9,15-16H,1-4,7-8H2. The molecule has 0 aliphatic rings. The molecule has 0 radical (unpaired) electrons. The van der Waals surface area contributed by atoms with Crippen LogP contribution >= 0.6 is 15.9 Å². The summed E-state index contributed by atoms with van der Waals surface area (Å²) in [7, 11) is -3.65. The Balaban J connectivity index is 2.49. The monoisotopic (exact) mass is 353 g/mol. The van der Waals surface area contributed by atoms with Crippen molar-refractivity contribution in [2.75, 3.05) is 13.2 Å². The van der Waals surface area contributed by atoms with Gasteiger partial charge in [0.1, 0.15) is 5.82 Å². The van der Waals surface area contributed by atoms with Crippen LogP contribution in [0.3, 0.4) is 0 Å². The van der Waals surface area contributed by atoms with Gasteiger partial charge in [-0.15, -0.1) is 0 Å². The average molecular weight is 354 g/mol. The first-order valence-corrected chi connectivity index (χ1v) is 8.30. The zero-order valence-electron chi connectivity index (χ0n) is 10.4. The largest absolute Gasteiger partial charge is 0.396 e. The highest BCUT2D eigenvalue weighted by Gasteiger charge is 2.14. The van der Waals surface area contributed by atoms with Crippen LogP contribution in [0.5, 0.6) is 0 Å². The van der Waals surface area contributed by atoms with Gasteiger partial charge in [-0.1, -0.05) is 12.8 Å². The van der Waals surface area contributed by atoms with Crippen LogP contribution in [0.1, 0.15) is 25.7 Å². The molecule has 0 spiro atoms. The third-order valence-corrected chi connectivity index (χ3v) is 4.68. The molecular weight excluding hydrogens is 337 g/mol. The van der Waals surface area contributed by atoms with E-state index in [0.29, 0.717) is 13.0 Å². The summed E-state index contributed by atoms with van der Waals surface area (Å²) in [6.07, 6.45) is 3.13. The van der Waals surface area contributed by atoms with Crippen LogP contribution in [0, 0.1) is 5.82 Å². The van der Waals surface area contributed by atoms with Gasteiger partial charge in [0.25, 0.3) is 0 Å². The van der Waals surface area contributed by atoms with Crippen LogP contribution in [0.25, 0.3) is 0 Å². The highest BCUT2D eigenvalue weighted by molar-refractivity contribution is 9.10.